The summed E-state index contributed by atoms with van der Waals surface area (Å²) in [5.41, 5.74) is 1.18. The summed E-state index contributed by atoms with van der Waals surface area (Å²) in [6.45, 7) is 1.22. The second kappa shape index (κ2) is 9.64. The Hall–Kier alpha value is -3.04. The molecule has 0 unspecified atom stereocenters. The van der Waals surface area contributed by atoms with Gasteiger partial charge in [-0.05, 0) is 31.7 Å². The highest BCUT2D eigenvalue weighted by Crippen LogP contribution is 2.22. The third-order valence-electron chi connectivity index (χ3n) is 5.25. The summed E-state index contributed by atoms with van der Waals surface area (Å²) in [4.78, 5) is 25.7. The average molecular weight is 410 g/mol. The Bertz CT molecular complexity index is 881. The van der Waals surface area contributed by atoms with E-state index >= 15 is 0 Å². The number of pyridine rings is 1. The number of aromatic nitrogens is 5. The molecule has 1 saturated carbocycles. The summed E-state index contributed by atoms with van der Waals surface area (Å²) in [6.07, 6.45) is 14.2. The second-order valence-corrected chi connectivity index (χ2v) is 7.32. The van der Waals surface area contributed by atoms with Gasteiger partial charge < -0.3 is 19.4 Å². The van der Waals surface area contributed by atoms with Crippen LogP contribution in [0.2, 0.25) is 0 Å². The minimum atomic E-state index is -0.179. The molecule has 3 aromatic rings. The molecular weight excluding hydrogens is 384 g/mol. The summed E-state index contributed by atoms with van der Waals surface area (Å²) in [6, 6.07) is 3.79. The maximum Gasteiger partial charge on any atom is 0.270 e. The van der Waals surface area contributed by atoms with E-state index in [1.807, 2.05) is 16.8 Å². The smallest absolute Gasteiger partial charge is 0.270 e. The number of methoxy groups -OCH3 is 1. The molecule has 30 heavy (non-hydrogen) atoms. The van der Waals surface area contributed by atoms with E-state index in [2.05, 4.69) is 20.3 Å². The summed E-state index contributed by atoms with van der Waals surface area (Å²) < 4.78 is 14.5. The van der Waals surface area contributed by atoms with Gasteiger partial charge in [-0.1, -0.05) is 0 Å². The molecule has 0 atom stereocenters. The lowest BCUT2D eigenvalue weighted by molar-refractivity contribution is -0.00409. The Balaban J connectivity index is 1.45. The van der Waals surface area contributed by atoms with Gasteiger partial charge in [0, 0.05) is 44.0 Å². The van der Waals surface area contributed by atoms with Crippen LogP contribution in [0.1, 0.15) is 36.2 Å². The maximum atomic E-state index is 13.0. The van der Waals surface area contributed by atoms with Crippen molar-refractivity contribution in [3.05, 3.63) is 55.3 Å². The molecule has 1 N–H and O–H groups in total. The van der Waals surface area contributed by atoms with Crippen LogP contribution in [-0.4, -0.2) is 62.5 Å². The molecule has 0 radical (unpaired) electrons. The zero-order valence-corrected chi connectivity index (χ0v) is 17.0. The van der Waals surface area contributed by atoms with Gasteiger partial charge >= 0.3 is 0 Å². The predicted molar refractivity (Wildman–Crippen MR) is 110 cm³/mol. The van der Waals surface area contributed by atoms with E-state index in [4.69, 9.17) is 9.47 Å². The van der Waals surface area contributed by atoms with Crippen molar-refractivity contribution in [3.63, 3.8) is 0 Å². The third kappa shape index (κ3) is 4.92. The monoisotopic (exact) mass is 410 g/mol. The van der Waals surface area contributed by atoms with E-state index in [1.165, 1.54) is 0 Å². The van der Waals surface area contributed by atoms with Gasteiger partial charge in [0.25, 0.3) is 5.91 Å². The minimum absolute atomic E-state index is 0.121. The summed E-state index contributed by atoms with van der Waals surface area (Å²) >= 11 is 0. The Labute approximate surface area is 175 Å². The van der Waals surface area contributed by atoms with Crippen molar-refractivity contribution in [3.8, 4) is 11.5 Å². The highest BCUT2D eigenvalue weighted by atomic mass is 16.5. The lowest BCUT2D eigenvalue weighted by Gasteiger charge is -2.29. The highest BCUT2D eigenvalue weighted by Gasteiger charge is 2.24. The zero-order chi connectivity index (χ0) is 20.8. The van der Waals surface area contributed by atoms with E-state index in [0.29, 0.717) is 24.7 Å². The SMILES string of the molecule is COCCOC1CCC(NC(=O)c2cc(-n3ccnc3)cc(-n3ccnc3)n2)CC1. The predicted octanol–water partition coefficient (Wildman–Crippen LogP) is 2.16. The van der Waals surface area contributed by atoms with Crippen LogP contribution in [0.4, 0.5) is 0 Å². The molecule has 3 heterocycles. The molecule has 158 valence electrons. The zero-order valence-electron chi connectivity index (χ0n) is 17.0. The molecular formula is C21H26N6O3. The molecule has 9 heteroatoms. The summed E-state index contributed by atoms with van der Waals surface area (Å²) in [5, 5.41) is 3.14. The molecule has 1 aliphatic carbocycles. The van der Waals surface area contributed by atoms with Gasteiger partial charge in [-0.15, -0.1) is 0 Å². The van der Waals surface area contributed by atoms with Gasteiger partial charge in [-0.2, -0.15) is 0 Å². The van der Waals surface area contributed by atoms with Gasteiger partial charge in [0.2, 0.25) is 0 Å². The van der Waals surface area contributed by atoms with E-state index < -0.39 is 0 Å². The maximum absolute atomic E-state index is 13.0. The van der Waals surface area contributed by atoms with Crippen LogP contribution >= 0.6 is 0 Å². The molecule has 1 aliphatic rings. The van der Waals surface area contributed by atoms with Crippen LogP contribution in [-0.2, 0) is 9.47 Å². The fourth-order valence-corrected chi connectivity index (χ4v) is 3.64. The first-order valence-corrected chi connectivity index (χ1v) is 10.1. The van der Waals surface area contributed by atoms with Crippen LogP contribution in [0.15, 0.2) is 49.6 Å². The van der Waals surface area contributed by atoms with Crippen molar-refractivity contribution in [1.29, 1.82) is 0 Å². The Morgan fingerprint density at radius 3 is 2.47 bits per heavy atom. The number of imidazole rings is 2. The molecule has 1 amide bonds. The number of hydrogen-bond donors (Lipinski definition) is 1. The molecule has 3 aromatic heterocycles. The van der Waals surface area contributed by atoms with Crippen molar-refractivity contribution in [2.24, 2.45) is 0 Å². The largest absolute Gasteiger partial charge is 0.382 e. The molecule has 0 bridgehead atoms. The normalized spacial score (nSPS) is 19.0. The van der Waals surface area contributed by atoms with Crippen LogP contribution in [0.5, 0.6) is 0 Å². The van der Waals surface area contributed by atoms with Crippen molar-refractivity contribution in [1.82, 2.24) is 29.4 Å². The van der Waals surface area contributed by atoms with Crippen molar-refractivity contribution in [2.75, 3.05) is 20.3 Å². The lowest BCUT2D eigenvalue weighted by atomic mass is 9.93. The number of carbonyl (C=O) groups excluding carboxylic acids is 1. The van der Waals surface area contributed by atoms with E-state index in [0.717, 1.165) is 31.4 Å². The highest BCUT2D eigenvalue weighted by molar-refractivity contribution is 5.93. The number of nitrogens with one attached hydrogen (secondary N) is 1. The summed E-state index contributed by atoms with van der Waals surface area (Å²) in [7, 11) is 1.67. The standard InChI is InChI=1S/C21H26N6O3/c1-29-10-11-30-18-4-2-16(3-5-18)24-21(28)19-12-17(26-8-6-22-14-26)13-20(25-19)27-9-7-23-15-27/h6-9,12-16,18H,2-5,10-11H2,1H3,(H,24,28). The molecule has 0 aromatic carbocycles. The van der Waals surface area contributed by atoms with Crippen molar-refractivity contribution in [2.45, 2.75) is 37.8 Å². The molecule has 0 aliphatic heterocycles. The van der Waals surface area contributed by atoms with E-state index in [-0.39, 0.29) is 18.1 Å². The molecule has 4 rings (SSSR count). The fourth-order valence-electron chi connectivity index (χ4n) is 3.64. The van der Waals surface area contributed by atoms with Crippen molar-refractivity contribution >= 4 is 5.91 Å². The number of hydrogen-bond acceptors (Lipinski definition) is 6. The number of nitrogens with zero attached hydrogens (tertiary/aromatic N) is 5. The molecule has 9 nitrogen and oxygen atoms in total. The second-order valence-electron chi connectivity index (χ2n) is 7.32. The lowest BCUT2D eigenvalue weighted by Crippen LogP contribution is -2.39. The van der Waals surface area contributed by atoms with Gasteiger partial charge in [-0.25, -0.2) is 15.0 Å². The van der Waals surface area contributed by atoms with Gasteiger partial charge in [0.15, 0.2) is 0 Å². The van der Waals surface area contributed by atoms with Gasteiger partial charge in [-0.3, -0.25) is 9.36 Å². The van der Waals surface area contributed by atoms with Gasteiger partial charge in [0.1, 0.15) is 17.8 Å². The van der Waals surface area contributed by atoms with E-state index in [9.17, 15) is 4.79 Å². The number of amides is 1. The van der Waals surface area contributed by atoms with Gasteiger partial charge in [0.05, 0.1) is 31.3 Å². The first-order valence-electron chi connectivity index (χ1n) is 10.1. The number of rotatable bonds is 8. The Morgan fingerprint density at radius 1 is 1.07 bits per heavy atom. The first kappa shape index (κ1) is 20.2. The topological polar surface area (TPSA) is 96.1 Å². The number of ether oxygens (including phenoxy) is 2. The van der Waals surface area contributed by atoms with E-state index in [1.54, 1.807) is 49.0 Å². The Kier molecular flexibility index (Phi) is 6.50. The van der Waals surface area contributed by atoms with Crippen LogP contribution < -0.4 is 5.32 Å². The quantitative estimate of drug-likeness (QED) is 0.572. The fraction of sp³-hybridized carbons (Fsp3) is 0.429. The Morgan fingerprint density at radius 2 is 1.80 bits per heavy atom. The van der Waals surface area contributed by atoms with Crippen LogP contribution in [0.3, 0.4) is 0 Å². The number of carbonyl (C=O) groups is 1. The molecule has 1 fully saturated rings. The van der Waals surface area contributed by atoms with Crippen LogP contribution in [0, 0.1) is 0 Å². The molecule has 0 spiro atoms. The minimum Gasteiger partial charge on any atom is -0.382 e. The van der Waals surface area contributed by atoms with Crippen molar-refractivity contribution < 1.29 is 14.3 Å². The molecule has 0 saturated heterocycles. The third-order valence-corrected chi connectivity index (χ3v) is 5.25. The van der Waals surface area contributed by atoms with Crippen LogP contribution in [0.25, 0.3) is 11.5 Å². The first-order chi connectivity index (χ1) is 14.7. The average Bonchev–Trinajstić information content (AvgIpc) is 3.49. The summed E-state index contributed by atoms with van der Waals surface area (Å²) in [5.74, 6) is 0.446.